The van der Waals surface area contributed by atoms with Gasteiger partial charge >= 0.3 is 0 Å². The first-order valence-corrected chi connectivity index (χ1v) is 9.22. The number of likely N-dealkylation sites (tertiary alicyclic amines) is 1. The summed E-state index contributed by atoms with van der Waals surface area (Å²) in [5.74, 6) is 0.294. The first kappa shape index (κ1) is 16.8. The summed E-state index contributed by atoms with van der Waals surface area (Å²) < 4.78 is 0. The molecule has 1 amide bonds. The number of ketones is 1. The smallest absolute Gasteiger partial charge is 0.247 e. The molecule has 0 unspecified atom stereocenters. The molecule has 2 N–H and O–H groups in total. The maximum atomic E-state index is 12.7. The number of hydrogen-bond acceptors (Lipinski definition) is 3. The van der Waals surface area contributed by atoms with Crippen molar-refractivity contribution in [3.63, 3.8) is 0 Å². The average molecular weight is 350 g/mol. The highest BCUT2D eigenvalue weighted by atomic mass is 16.2. The van der Waals surface area contributed by atoms with E-state index in [0.717, 1.165) is 37.2 Å². The molecule has 4 rings (SSSR count). The Morgan fingerprint density at radius 1 is 1.00 bits per heavy atom. The molecule has 0 bridgehead atoms. The Hall–Kier alpha value is -2.66. The number of amides is 1. The van der Waals surface area contributed by atoms with Gasteiger partial charge in [-0.1, -0.05) is 48.5 Å². The van der Waals surface area contributed by atoms with Crippen LogP contribution in [0.1, 0.15) is 23.2 Å². The number of para-hydroxylation sites is 1. The third-order valence-electron chi connectivity index (χ3n) is 5.70. The molecule has 26 heavy (non-hydrogen) atoms. The normalized spacial score (nSPS) is 25.3. The average Bonchev–Trinajstić information content (AvgIpc) is 3.01. The van der Waals surface area contributed by atoms with Crippen LogP contribution in [0.15, 0.2) is 60.7 Å². The van der Waals surface area contributed by atoms with Crippen molar-refractivity contribution in [2.24, 2.45) is 0 Å². The number of piperidine rings is 1. The minimum absolute atomic E-state index is 0.120. The number of carbonyl (C=O) groups is 2. The SMILES string of the molecule is O=C(C[NH+]1CCC2(CC1)C(=O)NCN2c1ccccc1)c1ccccc1. The van der Waals surface area contributed by atoms with Gasteiger partial charge in [0.1, 0.15) is 12.1 Å². The van der Waals surface area contributed by atoms with Crippen LogP contribution in [0.3, 0.4) is 0 Å². The van der Waals surface area contributed by atoms with Crippen LogP contribution in [0.5, 0.6) is 0 Å². The standard InChI is InChI=1S/C21H23N3O2/c25-19(17-7-3-1-4-8-17)15-23-13-11-21(12-14-23)20(26)22-16-24(21)18-9-5-2-6-10-18/h1-10H,11-16H2,(H,22,26)/p+1. The molecule has 2 aliphatic rings. The molecule has 5 heteroatoms. The van der Waals surface area contributed by atoms with E-state index in [1.807, 2.05) is 48.5 Å². The number of carbonyl (C=O) groups excluding carboxylic acids is 2. The Morgan fingerprint density at radius 3 is 2.27 bits per heavy atom. The Morgan fingerprint density at radius 2 is 1.62 bits per heavy atom. The summed E-state index contributed by atoms with van der Waals surface area (Å²) in [6.45, 7) is 2.71. The minimum Gasteiger partial charge on any atom is -0.339 e. The minimum atomic E-state index is -0.472. The zero-order chi connectivity index (χ0) is 18.0. The first-order valence-electron chi connectivity index (χ1n) is 9.22. The molecular formula is C21H24N3O2+. The van der Waals surface area contributed by atoms with Crippen LogP contribution >= 0.6 is 0 Å². The second-order valence-electron chi connectivity index (χ2n) is 7.18. The number of anilines is 1. The zero-order valence-electron chi connectivity index (χ0n) is 14.8. The fourth-order valence-corrected chi connectivity index (χ4v) is 4.18. The van der Waals surface area contributed by atoms with Gasteiger partial charge in [-0.05, 0) is 12.1 Å². The second-order valence-corrected chi connectivity index (χ2v) is 7.18. The number of Topliss-reactive ketones (excluding diaryl/α,β-unsaturated/α-hetero) is 1. The molecule has 5 nitrogen and oxygen atoms in total. The van der Waals surface area contributed by atoms with Crippen molar-refractivity contribution >= 4 is 17.4 Å². The summed E-state index contributed by atoms with van der Waals surface area (Å²) in [6, 6.07) is 19.6. The van der Waals surface area contributed by atoms with E-state index in [2.05, 4.69) is 22.3 Å². The van der Waals surface area contributed by atoms with Gasteiger partial charge in [-0.2, -0.15) is 0 Å². The lowest BCUT2D eigenvalue weighted by molar-refractivity contribution is -0.897. The molecule has 2 aromatic carbocycles. The van der Waals surface area contributed by atoms with E-state index in [1.54, 1.807) is 0 Å². The number of nitrogens with one attached hydrogen (secondary N) is 2. The molecule has 1 spiro atoms. The van der Waals surface area contributed by atoms with E-state index >= 15 is 0 Å². The highest BCUT2D eigenvalue weighted by molar-refractivity contribution is 5.97. The fraction of sp³-hybridized carbons (Fsp3) is 0.333. The largest absolute Gasteiger partial charge is 0.339 e. The van der Waals surface area contributed by atoms with Gasteiger partial charge < -0.3 is 15.1 Å². The molecule has 134 valence electrons. The van der Waals surface area contributed by atoms with Gasteiger partial charge in [-0.15, -0.1) is 0 Å². The van der Waals surface area contributed by atoms with Crippen molar-refractivity contribution < 1.29 is 14.5 Å². The number of hydrogen-bond donors (Lipinski definition) is 2. The lowest BCUT2D eigenvalue weighted by atomic mass is 9.85. The van der Waals surface area contributed by atoms with Gasteiger partial charge in [0, 0.05) is 24.1 Å². The van der Waals surface area contributed by atoms with Gasteiger partial charge in [0.2, 0.25) is 11.7 Å². The van der Waals surface area contributed by atoms with Crippen LogP contribution in [-0.2, 0) is 4.79 Å². The van der Waals surface area contributed by atoms with Gasteiger partial charge in [0.15, 0.2) is 0 Å². The maximum absolute atomic E-state index is 12.7. The number of nitrogens with zero attached hydrogens (tertiary/aromatic N) is 1. The summed E-state index contributed by atoms with van der Waals surface area (Å²) in [5.41, 5.74) is 1.38. The molecule has 2 aliphatic heterocycles. The molecule has 0 atom stereocenters. The zero-order valence-corrected chi connectivity index (χ0v) is 14.8. The van der Waals surface area contributed by atoms with Gasteiger partial charge in [-0.3, -0.25) is 9.59 Å². The van der Waals surface area contributed by atoms with Crippen LogP contribution in [0, 0.1) is 0 Å². The number of rotatable bonds is 4. The van der Waals surface area contributed by atoms with Crippen molar-refractivity contribution in [2.45, 2.75) is 18.4 Å². The van der Waals surface area contributed by atoms with Crippen LogP contribution in [0.4, 0.5) is 5.69 Å². The highest BCUT2D eigenvalue weighted by Gasteiger charge is 2.51. The van der Waals surface area contributed by atoms with Crippen LogP contribution in [0.2, 0.25) is 0 Å². The summed E-state index contributed by atoms with van der Waals surface area (Å²) in [6.07, 6.45) is 1.54. The Labute approximate surface area is 153 Å². The molecule has 2 fully saturated rings. The van der Waals surface area contributed by atoms with E-state index in [9.17, 15) is 9.59 Å². The van der Waals surface area contributed by atoms with E-state index in [0.29, 0.717) is 13.2 Å². The molecule has 0 saturated carbocycles. The maximum Gasteiger partial charge on any atom is 0.247 e. The number of benzene rings is 2. The van der Waals surface area contributed by atoms with E-state index < -0.39 is 5.54 Å². The Kier molecular flexibility index (Phi) is 4.47. The lowest BCUT2D eigenvalue weighted by Gasteiger charge is -2.41. The molecular weight excluding hydrogens is 326 g/mol. The first-order chi connectivity index (χ1) is 12.7. The summed E-state index contributed by atoms with van der Waals surface area (Å²) in [7, 11) is 0. The van der Waals surface area contributed by atoms with Crippen molar-refractivity contribution in [3.05, 3.63) is 66.2 Å². The lowest BCUT2D eigenvalue weighted by Crippen LogP contribution is -3.14. The van der Waals surface area contributed by atoms with E-state index in [-0.39, 0.29) is 11.7 Å². The predicted octanol–water partition coefficient (Wildman–Crippen LogP) is 0.881. The van der Waals surface area contributed by atoms with Gasteiger partial charge in [0.05, 0.1) is 19.8 Å². The van der Waals surface area contributed by atoms with Crippen molar-refractivity contribution in [1.82, 2.24) is 5.32 Å². The number of quaternary nitrogens is 1. The third kappa shape index (κ3) is 2.99. The molecule has 2 heterocycles. The quantitative estimate of drug-likeness (QED) is 0.805. The van der Waals surface area contributed by atoms with Gasteiger partial charge in [0.25, 0.3) is 0 Å². The Bertz CT molecular complexity index is 783. The van der Waals surface area contributed by atoms with Gasteiger partial charge in [-0.25, -0.2) is 0 Å². The highest BCUT2D eigenvalue weighted by Crippen LogP contribution is 2.33. The summed E-state index contributed by atoms with van der Waals surface area (Å²) in [5, 5.41) is 3.02. The Balaban J connectivity index is 1.45. The monoisotopic (exact) mass is 350 g/mol. The molecule has 0 radical (unpaired) electrons. The molecule has 0 aromatic heterocycles. The van der Waals surface area contributed by atoms with E-state index in [4.69, 9.17) is 0 Å². The topological polar surface area (TPSA) is 53.9 Å². The van der Waals surface area contributed by atoms with E-state index in [1.165, 1.54) is 4.90 Å². The van der Waals surface area contributed by atoms with Crippen LogP contribution in [-0.4, -0.2) is 43.5 Å². The van der Waals surface area contributed by atoms with Crippen molar-refractivity contribution in [1.29, 1.82) is 0 Å². The third-order valence-corrected chi connectivity index (χ3v) is 5.70. The molecule has 0 aliphatic carbocycles. The second kappa shape index (κ2) is 6.92. The molecule has 2 saturated heterocycles. The predicted molar refractivity (Wildman–Crippen MR) is 100 cm³/mol. The summed E-state index contributed by atoms with van der Waals surface area (Å²) >= 11 is 0. The fourth-order valence-electron chi connectivity index (χ4n) is 4.18. The molecule has 2 aromatic rings. The van der Waals surface area contributed by atoms with Crippen molar-refractivity contribution in [2.75, 3.05) is 31.2 Å². The van der Waals surface area contributed by atoms with Crippen LogP contribution < -0.4 is 15.1 Å². The summed E-state index contributed by atoms with van der Waals surface area (Å²) in [4.78, 5) is 28.6. The van der Waals surface area contributed by atoms with Crippen LogP contribution in [0.25, 0.3) is 0 Å². The van der Waals surface area contributed by atoms with Crippen molar-refractivity contribution in [3.8, 4) is 0 Å².